The molecule has 104 valence electrons. The van der Waals surface area contributed by atoms with Crippen molar-refractivity contribution < 1.29 is 9.90 Å². The number of nitrogens with one attached hydrogen (secondary N) is 1. The Bertz CT molecular complexity index is 828. The molecule has 0 fully saturated rings. The first-order valence-corrected chi connectivity index (χ1v) is 6.59. The summed E-state index contributed by atoms with van der Waals surface area (Å²) in [6.45, 7) is 1.83. The number of benzene rings is 2. The van der Waals surface area contributed by atoms with Crippen LogP contribution in [-0.4, -0.2) is 16.0 Å². The summed E-state index contributed by atoms with van der Waals surface area (Å²) >= 11 is 0. The number of carbonyl (C=O) groups excluding carboxylic acids is 1. The Hall–Kier alpha value is -2.88. The second-order valence-electron chi connectivity index (χ2n) is 4.87. The van der Waals surface area contributed by atoms with E-state index >= 15 is 0 Å². The average molecular weight is 278 g/mol. The van der Waals surface area contributed by atoms with Gasteiger partial charge in [-0.2, -0.15) is 0 Å². The van der Waals surface area contributed by atoms with Crippen molar-refractivity contribution in [3.05, 3.63) is 65.9 Å². The van der Waals surface area contributed by atoms with Gasteiger partial charge >= 0.3 is 0 Å². The van der Waals surface area contributed by atoms with Gasteiger partial charge in [0.15, 0.2) is 0 Å². The Morgan fingerprint density at radius 3 is 2.76 bits per heavy atom. The van der Waals surface area contributed by atoms with Crippen molar-refractivity contribution >= 4 is 22.5 Å². The molecule has 0 bridgehead atoms. The Labute approximate surface area is 122 Å². The van der Waals surface area contributed by atoms with E-state index in [-0.39, 0.29) is 11.7 Å². The number of para-hydroxylation sites is 1. The number of rotatable bonds is 2. The number of anilines is 1. The van der Waals surface area contributed by atoms with Crippen LogP contribution < -0.4 is 5.32 Å². The Morgan fingerprint density at radius 2 is 1.95 bits per heavy atom. The molecule has 3 aromatic rings. The molecule has 0 saturated heterocycles. The lowest BCUT2D eigenvalue weighted by Gasteiger charge is -2.09. The van der Waals surface area contributed by atoms with E-state index in [0.29, 0.717) is 11.3 Å². The van der Waals surface area contributed by atoms with Crippen LogP contribution >= 0.6 is 0 Å². The van der Waals surface area contributed by atoms with Gasteiger partial charge in [0.1, 0.15) is 5.75 Å². The van der Waals surface area contributed by atoms with Crippen LogP contribution in [0, 0.1) is 6.92 Å². The third-order valence-corrected chi connectivity index (χ3v) is 3.31. The van der Waals surface area contributed by atoms with Crippen LogP contribution in [0.15, 0.2) is 54.7 Å². The van der Waals surface area contributed by atoms with Gasteiger partial charge in [0.2, 0.25) is 0 Å². The maximum Gasteiger partial charge on any atom is 0.257 e. The SMILES string of the molecule is Cc1cc(O)ccc1NC(=O)c1cnc2ccccc2c1. The van der Waals surface area contributed by atoms with E-state index in [1.54, 1.807) is 24.4 Å². The smallest absolute Gasteiger partial charge is 0.257 e. The summed E-state index contributed by atoms with van der Waals surface area (Å²) in [7, 11) is 0. The van der Waals surface area contributed by atoms with Gasteiger partial charge in [0, 0.05) is 17.3 Å². The fourth-order valence-electron chi connectivity index (χ4n) is 2.18. The maximum absolute atomic E-state index is 12.3. The van der Waals surface area contributed by atoms with E-state index < -0.39 is 0 Å². The number of nitrogens with zero attached hydrogens (tertiary/aromatic N) is 1. The second kappa shape index (κ2) is 5.25. The van der Waals surface area contributed by atoms with Crippen molar-refractivity contribution in [1.82, 2.24) is 4.98 Å². The Kier molecular flexibility index (Phi) is 3.28. The highest BCUT2D eigenvalue weighted by molar-refractivity contribution is 6.06. The van der Waals surface area contributed by atoms with E-state index in [9.17, 15) is 9.90 Å². The summed E-state index contributed by atoms with van der Waals surface area (Å²) in [4.78, 5) is 16.6. The molecule has 1 heterocycles. The minimum Gasteiger partial charge on any atom is -0.508 e. The zero-order chi connectivity index (χ0) is 14.8. The average Bonchev–Trinajstić information content (AvgIpc) is 2.49. The molecule has 21 heavy (non-hydrogen) atoms. The first-order valence-electron chi connectivity index (χ1n) is 6.59. The van der Waals surface area contributed by atoms with E-state index in [2.05, 4.69) is 10.3 Å². The fraction of sp³-hybridized carbons (Fsp3) is 0.0588. The molecule has 0 unspecified atom stereocenters. The highest BCUT2D eigenvalue weighted by atomic mass is 16.3. The molecule has 0 aliphatic carbocycles. The van der Waals surface area contributed by atoms with Crippen molar-refractivity contribution in [2.24, 2.45) is 0 Å². The summed E-state index contributed by atoms with van der Waals surface area (Å²) in [6, 6.07) is 14.3. The van der Waals surface area contributed by atoms with Gasteiger partial charge in [-0.3, -0.25) is 9.78 Å². The Balaban J connectivity index is 1.89. The zero-order valence-corrected chi connectivity index (χ0v) is 11.5. The van der Waals surface area contributed by atoms with Crippen molar-refractivity contribution in [3.63, 3.8) is 0 Å². The molecule has 4 nitrogen and oxygen atoms in total. The molecule has 0 saturated carbocycles. The number of aromatic nitrogens is 1. The molecule has 1 amide bonds. The van der Waals surface area contributed by atoms with Gasteiger partial charge in [0.25, 0.3) is 5.91 Å². The van der Waals surface area contributed by atoms with Gasteiger partial charge < -0.3 is 10.4 Å². The highest BCUT2D eigenvalue weighted by Gasteiger charge is 2.09. The maximum atomic E-state index is 12.3. The molecular weight excluding hydrogens is 264 g/mol. The minimum absolute atomic E-state index is 0.179. The van der Waals surface area contributed by atoms with E-state index in [1.165, 1.54) is 0 Å². The largest absolute Gasteiger partial charge is 0.508 e. The quantitative estimate of drug-likeness (QED) is 0.705. The molecule has 4 heteroatoms. The minimum atomic E-state index is -0.220. The van der Waals surface area contributed by atoms with Gasteiger partial charge in [-0.1, -0.05) is 18.2 Å². The number of phenols is 1. The van der Waals surface area contributed by atoms with Crippen LogP contribution in [0.1, 0.15) is 15.9 Å². The topological polar surface area (TPSA) is 62.2 Å². The number of aryl methyl sites for hydroxylation is 1. The van der Waals surface area contributed by atoms with Crippen LogP contribution in [0.3, 0.4) is 0 Å². The number of fused-ring (bicyclic) bond motifs is 1. The summed E-state index contributed by atoms with van der Waals surface area (Å²) in [6.07, 6.45) is 1.56. The van der Waals surface area contributed by atoms with Crippen LogP contribution in [0.5, 0.6) is 5.75 Å². The summed E-state index contributed by atoms with van der Waals surface area (Å²) in [5, 5.41) is 13.1. The molecule has 0 aliphatic heterocycles. The van der Waals surface area contributed by atoms with Crippen molar-refractivity contribution in [2.75, 3.05) is 5.32 Å². The number of aromatic hydroxyl groups is 1. The van der Waals surface area contributed by atoms with Crippen LogP contribution in [0.25, 0.3) is 10.9 Å². The first-order chi connectivity index (χ1) is 10.1. The van der Waals surface area contributed by atoms with Crippen molar-refractivity contribution in [1.29, 1.82) is 0 Å². The molecule has 1 aromatic heterocycles. The molecule has 2 aromatic carbocycles. The van der Waals surface area contributed by atoms with Crippen LogP contribution in [0.4, 0.5) is 5.69 Å². The number of amides is 1. The lowest BCUT2D eigenvalue weighted by Crippen LogP contribution is -2.13. The van der Waals surface area contributed by atoms with Crippen molar-refractivity contribution in [3.8, 4) is 5.75 Å². The second-order valence-corrected chi connectivity index (χ2v) is 4.87. The zero-order valence-electron chi connectivity index (χ0n) is 11.5. The predicted molar refractivity (Wildman–Crippen MR) is 82.5 cm³/mol. The standard InChI is InChI=1S/C17H14N2O2/c1-11-8-14(20)6-7-15(11)19-17(21)13-9-12-4-2-3-5-16(12)18-10-13/h2-10,20H,1H3,(H,19,21). The van der Waals surface area contributed by atoms with Gasteiger partial charge in [0.05, 0.1) is 11.1 Å². The highest BCUT2D eigenvalue weighted by Crippen LogP contribution is 2.21. The Morgan fingerprint density at radius 1 is 1.14 bits per heavy atom. The van der Waals surface area contributed by atoms with E-state index in [1.807, 2.05) is 37.3 Å². The number of phenolic OH excluding ortho intramolecular Hbond substituents is 1. The van der Waals surface area contributed by atoms with E-state index in [4.69, 9.17) is 0 Å². The molecule has 0 aliphatic rings. The van der Waals surface area contributed by atoms with Crippen molar-refractivity contribution in [2.45, 2.75) is 6.92 Å². The van der Waals surface area contributed by atoms with Crippen LogP contribution in [-0.2, 0) is 0 Å². The number of hydrogen-bond donors (Lipinski definition) is 2. The van der Waals surface area contributed by atoms with E-state index in [0.717, 1.165) is 16.5 Å². The first kappa shape index (κ1) is 13.1. The lowest BCUT2D eigenvalue weighted by atomic mass is 10.1. The fourth-order valence-corrected chi connectivity index (χ4v) is 2.18. The normalized spacial score (nSPS) is 10.5. The lowest BCUT2D eigenvalue weighted by molar-refractivity contribution is 0.102. The summed E-state index contributed by atoms with van der Waals surface area (Å²) in [5.74, 6) is -0.0417. The molecule has 0 atom stereocenters. The van der Waals surface area contributed by atoms with Gasteiger partial charge in [-0.05, 0) is 42.8 Å². The summed E-state index contributed by atoms with van der Waals surface area (Å²) in [5.41, 5.74) is 2.83. The molecular formula is C17H14N2O2. The number of carbonyl (C=O) groups is 1. The van der Waals surface area contributed by atoms with Crippen LogP contribution in [0.2, 0.25) is 0 Å². The molecule has 0 radical (unpaired) electrons. The van der Waals surface area contributed by atoms with Gasteiger partial charge in [-0.25, -0.2) is 0 Å². The molecule has 2 N–H and O–H groups in total. The third-order valence-electron chi connectivity index (χ3n) is 3.31. The molecule has 0 spiro atoms. The number of pyridine rings is 1. The summed E-state index contributed by atoms with van der Waals surface area (Å²) < 4.78 is 0. The molecule has 3 rings (SSSR count). The number of hydrogen-bond acceptors (Lipinski definition) is 3. The van der Waals surface area contributed by atoms with Gasteiger partial charge in [-0.15, -0.1) is 0 Å². The monoisotopic (exact) mass is 278 g/mol. The predicted octanol–water partition coefficient (Wildman–Crippen LogP) is 3.50. The third kappa shape index (κ3) is 2.69.